The van der Waals surface area contributed by atoms with Gasteiger partial charge in [-0.15, -0.1) is 0 Å². The van der Waals surface area contributed by atoms with Crippen molar-refractivity contribution in [3.8, 4) is 0 Å². The number of aliphatic hydroxyl groups is 1. The lowest BCUT2D eigenvalue weighted by atomic mass is 10.0. The van der Waals surface area contributed by atoms with Gasteiger partial charge in [-0.1, -0.05) is 58.4 Å². The van der Waals surface area contributed by atoms with E-state index < -0.39 is 6.10 Å². The Morgan fingerprint density at radius 3 is 2.35 bits per heavy atom. The summed E-state index contributed by atoms with van der Waals surface area (Å²) in [4.78, 5) is 12.1. The second-order valence-electron chi connectivity index (χ2n) is 5.42. The topological polar surface area (TPSA) is 53.9 Å². The van der Waals surface area contributed by atoms with Crippen LogP contribution >= 0.6 is 15.9 Å². The Labute approximate surface area is 151 Å². The summed E-state index contributed by atoms with van der Waals surface area (Å²) < 4.78 is 0.968. The van der Waals surface area contributed by atoms with Gasteiger partial charge in [0.05, 0.1) is 13.0 Å². The molecule has 2 atom stereocenters. The van der Waals surface area contributed by atoms with Crippen molar-refractivity contribution in [1.82, 2.24) is 0 Å². The monoisotopic (exact) mass is 397 g/mol. The molecule has 23 heavy (non-hydrogen) atoms. The first kappa shape index (κ1) is 19.8. The highest BCUT2D eigenvalue weighted by Gasteiger charge is 2.19. The molecule has 0 aromatic heterocycles. The van der Waals surface area contributed by atoms with Crippen LogP contribution in [0.3, 0.4) is 0 Å². The SMILES string of the molecule is CC([NH2+]CCC(=O)c1ccc(Br)cc1)C(O)c1ccccc1.[Cl-]. The third kappa shape index (κ3) is 6.07. The van der Waals surface area contributed by atoms with E-state index in [9.17, 15) is 9.90 Å². The smallest absolute Gasteiger partial charge is 0.168 e. The van der Waals surface area contributed by atoms with Gasteiger partial charge in [0.1, 0.15) is 12.1 Å². The van der Waals surface area contributed by atoms with Crippen LogP contribution in [0, 0.1) is 0 Å². The first-order chi connectivity index (χ1) is 10.6. The summed E-state index contributed by atoms with van der Waals surface area (Å²) in [6.45, 7) is 2.64. The largest absolute Gasteiger partial charge is 1.00 e. The molecule has 0 saturated carbocycles. The number of carbonyl (C=O) groups excluding carboxylic acids is 1. The standard InChI is InChI=1S/C18H20BrNO2.ClH/c1-13(18(22)15-5-3-2-4-6-15)20-12-11-17(21)14-7-9-16(19)10-8-14;/h2-10,13,18,20,22H,11-12H2,1H3;1H. The van der Waals surface area contributed by atoms with Crippen LogP contribution in [0.5, 0.6) is 0 Å². The maximum absolute atomic E-state index is 12.1. The number of Topliss-reactive ketones (excluding diaryl/α,β-unsaturated/α-hetero) is 1. The van der Waals surface area contributed by atoms with Gasteiger partial charge in [0.25, 0.3) is 0 Å². The van der Waals surface area contributed by atoms with Gasteiger partial charge in [0.15, 0.2) is 5.78 Å². The number of benzene rings is 2. The Hall–Kier alpha value is -1.20. The molecule has 2 aromatic carbocycles. The van der Waals surface area contributed by atoms with Crippen molar-refractivity contribution in [2.75, 3.05) is 6.54 Å². The van der Waals surface area contributed by atoms with Crippen LogP contribution < -0.4 is 17.7 Å². The molecule has 2 unspecified atom stereocenters. The molecule has 0 bridgehead atoms. The van der Waals surface area contributed by atoms with Crippen molar-refractivity contribution in [2.45, 2.75) is 25.5 Å². The molecule has 0 saturated heterocycles. The average Bonchev–Trinajstić information content (AvgIpc) is 2.55. The number of carbonyl (C=O) groups is 1. The number of halogens is 2. The molecule has 0 heterocycles. The minimum atomic E-state index is -0.524. The van der Waals surface area contributed by atoms with Gasteiger partial charge in [0, 0.05) is 10.0 Å². The van der Waals surface area contributed by atoms with Gasteiger partial charge in [-0.2, -0.15) is 0 Å². The Morgan fingerprint density at radius 1 is 1.13 bits per heavy atom. The van der Waals surface area contributed by atoms with Crippen molar-refractivity contribution in [1.29, 1.82) is 0 Å². The number of aliphatic hydroxyl groups excluding tert-OH is 1. The van der Waals surface area contributed by atoms with E-state index in [0.29, 0.717) is 13.0 Å². The van der Waals surface area contributed by atoms with E-state index in [1.165, 1.54) is 0 Å². The van der Waals surface area contributed by atoms with E-state index in [0.717, 1.165) is 15.6 Å². The fraction of sp³-hybridized carbons (Fsp3) is 0.278. The van der Waals surface area contributed by atoms with Gasteiger partial charge in [-0.3, -0.25) is 4.79 Å². The van der Waals surface area contributed by atoms with E-state index >= 15 is 0 Å². The molecule has 3 nitrogen and oxygen atoms in total. The van der Waals surface area contributed by atoms with Crippen LogP contribution in [-0.4, -0.2) is 23.5 Å². The van der Waals surface area contributed by atoms with Crippen molar-refractivity contribution >= 4 is 21.7 Å². The Kier molecular flexibility index (Phi) is 8.48. The van der Waals surface area contributed by atoms with Crippen molar-refractivity contribution < 1.29 is 27.6 Å². The summed E-state index contributed by atoms with van der Waals surface area (Å²) in [6, 6.07) is 17.0. The minimum Gasteiger partial charge on any atom is -1.00 e. The highest BCUT2D eigenvalue weighted by Crippen LogP contribution is 2.14. The van der Waals surface area contributed by atoms with Gasteiger partial charge >= 0.3 is 0 Å². The average molecular weight is 399 g/mol. The zero-order chi connectivity index (χ0) is 15.9. The summed E-state index contributed by atoms with van der Waals surface area (Å²) in [5, 5.41) is 12.3. The predicted octanol–water partition coefficient (Wildman–Crippen LogP) is -0.289. The van der Waals surface area contributed by atoms with Crippen LogP contribution in [0.2, 0.25) is 0 Å². The fourth-order valence-electron chi connectivity index (χ4n) is 2.34. The van der Waals surface area contributed by atoms with Crippen LogP contribution in [0.1, 0.15) is 35.4 Å². The maximum Gasteiger partial charge on any atom is 0.168 e. The van der Waals surface area contributed by atoms with Crippen LogP contribution in [0.4, 0.5) is 0 Å². The van der Waals surface area contributed by atoms with Gasteiger partial charge in [-0.25, -0.2) is 0 Å². The molecule has 0 amide bonds. The van der Waals surface area contributed by atoms with E-state index in [-0.39, 0.29) is 24.2 Å². The van der Waals surface area contributed by atoms with Crippen molar-refractivity contribution in [3.63, 3.8) is 0 Å². The van der Waals surface area contributed by atoms with Crippen molar-refractivity contribution in [2.24, 2.45) is 0 Å². The molecule has 3 N–H and O–H groups in total. The maximum atomic E-state index is 12.1. The quantitative estimate of drug-likeness (QED) is 0.630. The number of nitrogens with two attached hydrogens (primary N) is 1. The normalized spacial score (nSPS) is 13.0. The van der Waals surface area contributed by atoms with Gasteiger partial charge in [-0.05, 0) is 24.6 Å². The second-order valence-corrected chi connectivity index (χ2v) is 6.33. The lowest BCUT2D eigenvalue weighted by molar-refractivity contribution is -0.693. The lowest BCUT2D eigenvalue weighted by Gasteiger charge is -2.17. The van der Waals surface area contributed by atoms with E-state index in [1.807, 2.05) is 66.8 Å². The molecule has 0 aliphatic heterocycles. The zero-order valence-electron chi connectivity index (χ0n) is 13.0. The molecule has 2 aromatic rings. The third-order valence-electron chi connectivity index (χ3n) is 3.72. The molecule has 0 aliphatic rings. The number of hydrogen-bond acceptors (Lipinski definition) is 2. The van der Waals surface area contributed by atoms with Crippen molar-refractivity contribution in [3.05, 3.63) is 70.2 Å². The third-order valence-corrected chi connectivity index (χ3v) is 4.24. The first-order valence-electron chi connectivity index (χ1n) is 7.43. The summed E-state index contributed by atoms with van der Waals surface area (Å²) in [5.41, 5.74) is 1.64. The van der Waals surface area contributed by atoms with Crippen LogP contribution in [0.15, 0.2) is 59.1 Å². The molecule has 0 aliphatic carbocycles. The van der Waals surface area contributed by atoms with E-state index in [4.69, 9.17) is 0 Å². The number of rotatable bonds is 7. The number of quaternary nitrogens is 1. The predicted molar refractivity (Wildman–Crippen MR) is 90.7 cm³/mol. The fourth-order valence-corrected chi connectivity index (χ4v) is 2.60. The first-order valence-corrected chi connectivity index (χ1v) is 8.22. The molecule has 0 radical (unpaired) electrons. The second kappa shape index (κ2) is 9.83. The highest BCUT2D eigenvalue weighted by atomic mass is 79.9. The summed E-state index contributed by atoms with van der Waals surface area (Å²) >= 11 is 3.36. The van der Waals surface area contributed by atoms with Gasteiger partial charge < -0.3 is 22.8 Å². The highest BCUT2D eigenvalue weighted by molar-refractivity contribution is 9.10. The lowest BCUT2D eigenvalue weighted by Crippen LogP contribution is -3.00. The zero-order valence-corrected chi connectivity index (χ0v) is 15.3. The molecular formula is C18H21BrClNO2. The molecule has 0 spiro atoms. The minimum absolute atomic E-state index is 0. The molecular weight excluding hydrogens is 378 g/mol. The molecule has 2 rings (SSSR count). The Bertz CT molecular complexity index is 604. The van der Waals surface area contributed by atoms with E-state index in [2.05, 4.69) is 15.9 Å². The molecule has 5 heteroatoms. The molecule has 124 valence electrons. The summed E-state index contributed by atoms with van der Waals surface area (Å²) in [7, 11) is 0. The summed E-state index contributed by atoms with van der Waals surface area (Å²) in [5.74, 6) is 0.130. The molecule has 0 fully saturated rings. The van der Waals surface area contributed by atoms with Gasteiger partial charge in [0.2, 0.25) is 0 Å². The number of hydrogen-bond donors (Lipinski definition) is 2. The summed E-state index contributed by atoms with van der Waals surface area (Å²) in [6.07, 6.45) is -0.0583. The van der Waals surface area contributed by atoms with E-state index in [1.54, 1.807) is 0 Å². The Morgan fingerprint density at radius 2 is 1.74 bits per heavy atom. The van der Waals surface area contributed by atoms with Crippen LogP contribution in [-0.2, 0) is 0 Å². The Balaban J connectivity index is 0.00000264. The van der Waals surface area contributed by atoms with Crippen LogP contribution in [0.25, 0.3) is 0 Å². The number of ketones is 1.